The monoisotopic (exact) mass is 525 g/mol. The molecule has 0 radical (unpaired) electrons. The number of rotatable bonds is 13. The number of carbonyl (C=O) groups is 2. The van der Waals surface area contributed by atoms with Crippen LogP contribution in [0.4, 0.5) is 11.4 Å². The van der Waals surface area contributed by atoms with Gasteiger partial charge in [0.25, 0.3) is 5.91 Å². The van der Waals surface area contributed by atoms with E-state index in [0.29, 0.717) is 53.7 Å². The Morgan fingerprint density at radius 3 is 1.94 bits per heavy atom. The Labute approximate surface area is 214 Å². The van der Waals surface area contributed by atoms with E-state index in [1.54, 1.807) is 52.0 Å². The van der Waals surface area contributed by atoms with Crippen LogP contribution in [0.5, 0.6) is 23.0 Å². The molecule has 1 atom stereocenters. The van der Waals surface area contributed by atoms with Crippen molar-refractivity contribution in [3.8, 4) is 23.0 Å². The second-order valence-electron chi connectivity index (χ2n) is 6.95. The number of amides is 1. The molecule has 9 nitrogen and oxygen atoms in total. The zero-order chi connectivity index (χ0) is 26.0. The molecule has 1 amide bonds. The maximum absolute atomic E-state index is 13.1. The van der Waals surface area contributed by atoms with Gasteiger partial charge in [-0.25, -0.2) is 0 Å². The first kappa shape index (κ1) is 28.2. The van der Waals surface area contributed by atoms with Crippen molar-refractivity contribution >= 4 is 46.3 Å². The van der Waals surface area contributed by atoms with Crippen LogP contribution in [0.1, 0.15) is 34.6 Å². The molecule has 0 heterocycles. The number of Topliss-reactive ketones (excluding diaryl/α,β-unsaturated/α-hetero) is 1. The Hall–Kier alpha value is -3.04. The Kier molecular flexibility index (Phi) is 11.1. The van der Waals surface area contributed by atoms with Gasteiger partial charge in [0.1, 0.15) is 0 Å². The molecule has 0 aliphatic rings. The van der Waals surface area contributed by atoms with Crippen molar-refractivity contribution in [3.05, 3.63) is 34.3 Å². The molecule has 0 aliphatic carbocycles. The van der Waals surface area contributed by atoms with Gasteiger partial charge in [0.05, 0.1) is 37.1 Å². The highest BCUT2D eigenvalue weighted by Crippen LogP contribution is 2.42. The highest BCUT2D eigenvalue weighted by Gasteiger charge is 2.26. The van der Waals surface area contributed by atoms with Gasteiger partial charge in [-0.3, -0.25) is 9.59 Å². The van der Waals surface area contributed by atoms with Gasteiger partial charge in [0, 0.05) is 17.2 Å². The van der Waals surface area contributed by atoms with Crippen molar-refractivity contribution in [1.82, 2.24) is 0 Å². The molecule has 1 unspecified atom stereocenters. The van der Waals surface area contributed by atoms with Crippen molar-refractivity contribution < 1.29 is 28.5 Å². The van der Waals surface area contributed by atoms with Crippen LogP contribution in [-0.4, -0.2) is 44.2 Å². The molecule has 0 aromatic heterocycles. The van der Waals surface area contributed by atoms with E-state index in [-0.39, 0.29) is 17.1 Å². The normalized spacial score (nSPS) is 11.7. The summed E-state index contributed by atoms with van der Waals surface area (Å²) in [7, 11) is 0. The smallest absolute Gasteiger partial charge is 0.258 e. The van der Waals surface area contributed by atoms with Gasteiger partial charge in [-0.15, -0.1) is 5.11 Å². The van der Waals surface area contributed by atoms with Crippen LogP contribution < -0.4 is 24.3 Å². The van der Waals surface area contributed by atoms with E-state index >= 15 is 0 Å². The molecule has 1 N–H and O–H groups in total. The Bertz CT molecular complexity index is 1050. The lowest BCUT2D eigenvalue weighted by molar-refractivity contribution is -0.126. The average molecular weight is 526 g/mol. The largest absolute Gasteiger partial charge is 0.491 e. The maximum atomic E-state index is 13.1. The fraction of sp³-hybridized carbons (Fsp3) is 0.417. The van der Waals surface area contributed by atoms with Gasteiger partial charge in [-0.05, 0) is 46.8 Å². The number of benzene rings is 2. The van der Waals surface area contributed by atoms with Gasteiger partial charge in [0.15, 0.2) is 34.5 Å². The molecule has 190 valence electrons. The van der Waals surface area contributed by atoms with Crippen molar-refractivity contribution in [2.45, 2.75) is 40.7 Å². The first-order valence-electron chi connectivity index (χ1n) is 11.2. The predicted octanol–water partition coefficient (Wildman–Crippen LogP) is 6.27. The Morgan fingerprint density at radius 2 is 1.43 bits per heavy atom. The topological polar surface area (TPSA) is 108 Å². The SMILES string of the molecule is CCOc1cc(Cl)cc(OCC)c1N=NC(C(C)=O)C(=O)Nc1ccc(Cl)c(OCC)c1OCC. The van der Waals surface area contributed by atoms with Crippen LogP contribution >= 0.6 is 23.2 Å². The van der Waals surface area contributed by atoms with Crippen molar-refractivity contribution in [1.29, 1.82) is 0 Å². The van der Waals surface area contributed by atoms with Gasteiger partial charge < -0.3 is 24.3 Å². The summed E-state index contributed by atoms with van der Waals surface area (Å²) in [5.41, 5.74) is 0.500. The lowest BCUT2D eigenvalue weighted by atomic mass is 10.2. The molecule has 2 aromatic carbocycles. The van der Waals surface area contributed by atoms with E-state index in [1.807, 2.05) is 0 Å². The summed E-state index contributed by atoms with van der Waals surface area (Å²) >= 11 is 12.4. The minimum Gasteiger partial charge on any atom is -0.491 e. The highest BCUT2D eigenvalue weighted by atomic mass is 35.5. The third kappa shape index (κ3) is 7.47. The van der Waals surface area contributed by atoms with Gasteiger partial charge in [-0.2, -0.15) is 5.11 Å². The standard InChI is InChI=1S/C24H29Cl2N3O6/c1-6-32-18-12-15(25)13-19(33-7-2)21(18)29-28-20(14(5)30)24(31)27-17-11-10-16(26)22(34-8-3)23(17)35-9-4/h10-13,20H,6-9H2,1-5H3,(H,27,31). The quantitative estimate of drug-likeness (QED) is 0.244. The fourth-order valence-electron chi connectivity index (χ4n) is 3.02. The number of nitrogens with zero attached hydrogens (tertiary/aromatic N) is 2. The lowest BCUT2D eigenvalue weighted by Crippen LogP contribution is -2.32. The molecule has 0 spiro atoms. The number of azo groups is 1. The van der Waals surface area contributed by atoms with E-state index in [1.165, 1.54) is 6.92 Å². The summed E-state index contributed by atoms with van der Waals surface area (Å²) in [4.78, 5) is 25.4. The number of nitrogens with one attached hydrogen (secondary N) is 1. The summed E-state index contributed by atoms with van der Waals surface area (Å²) in [5.74, 6) is -0.0618. The van der Waals surface area contributed by atoms with E-state index in [0.717, 1.165) is 0 Å². The molecule has 11 heteroatoms. The van der Waals surface area contributed by atoms with Crippen LogP contribution in [0.3, 0.4) is 0 Å². The first-order chi connectivity index (χ1) is 16.8. The number of hydrogen-bond donors (Lipinski definition) is 1. The predicted molar refractivity (Wildman–Crippen MR) is 135 cm³/mol. The van der Waals surface area contributed by atoms with E-state index in [4.69, 9.17) is 42.1 Å². The van der Waals surface area contributed by atoms with E-state index in [2.05, 4.69) is 15.5 Å². The fourth-order valence-corrected chi connectivity index (χ4v) is 3.42. The summed E-state index contributed by atoms with van der Waals surface area (Å²) in [5, 5.41) is 11.5. The minimum absolute atomic E-state index is 0.220. The average Bonchev–Trinajstić information content (AvgIpc) is 2.79. The van der Waals surface area contributed by atoms with Crippen LogP contribution in [0.25, 0.3) is 0 Å². The third-order valence-electron chi connectivity index (χ3n) is 4.41. The molecule has 0 aliphatic heterocycles. The molecule has 2 rings (SSSR count). The van der Waals surface area contributed by atoms with Crippen molar-refractivity contribution in [3.63, 3.8) is 0 Å². The Balaban J connectivity index is 2.43. The zero-order valence-electron chi connectivity index (χ0n) is 20.3. The van der Waals surface area contributed by atoms with Crippen LogP contribution in [0, 0.1) is 0 Å². The number of carbonyl (C=O) groups excluding carboxylic acids is 2. The molecule has 0 saturated carbocycles. The second-order valence-corrected chi connectivity index (χ2v) is 7.80. The van der Waals surface area contributed by atoms with Gasteiger partial charge in [0.2, 0.25) is 6.04 Å². The molecule has 0 bridgehead atoms. The molecule has 2 aromatic rings. The zero-order valence-corrected chi connectivity index (χ0v) is 21.8. The molecule has 35 heavy (non-hydrogen) atoms. The number of ether oxygens (including phenoxy) is 4. The summed E-state index contributed by atoms with van der Waals surface area (Å²) in [6.07, 6.45) is 0. The number of ketones is 1. The number of hydrogen-bond acceptors (Lipinski definition) is 8. The second kappa shape index (κ2) is 13.7. The van der Waals surface area contributed by atoms with Gasteiger partial charge in [-0.1, -0.05) is 23.2 Å². The maximum Gasteiger partial charge on any atom is 0.258 e. The van der Waals surface area contributed by atoms with E-state index < -0.39 is 17.7 Å². The van der Waals surface area contributed by atoms with Gasteiger partial charge >= 0.3 is 0 Å². The van der Waals surface area contributed by atoms with E-state index in [9.17, 15) is 9.59 Å². The van der Waals surface area contributed by atoms with Crippen LogP contribution in [0.15, 0.2) is 34.5 Å². The van der Waals surface area contributed by atoms with Crippen LogP contribution in [0.2, 0.25) is 10.0 Å². The summed E-state index contributed by atoms with van der Waals surface area (Å²) < 4.78 is 22.4. The van der Waals surface area contributed by atoms with Crippen molar-refractivity contribution in [2.75, 3.05) is 31.7 Å². The highest BCUT2D eigenvalue weighted by molar-refractivity contribution is 6.32. The molecule has 0 fully saturated rings. The number of anilines is 1. The first-order valence-corrected chi connectivity index (χ1v) is 11.9. The van der Waals surface area contributed by atoms with Crippen molar-refractivity contribution in [2.24, 2.45) is 10.2 Å². The Morgan fingerprint density at radius 1 is 0.886 bits per heavy atom. The molecule has 0 saturated heterocycles. The lowest BCUT2D eigenvalue weighted by Gasteiger charge is -2.18. The van der Waals surface area contributed by atoms with Crippen LogP contribution in [-0.2, 0) is 9.59 Å². The third-order valence-corrected chi connectivity index (χ3v) is 4.93. The molecular formula is C24H29Cl2N3O6. The summed E-state index contributed by atoms with van der Waals surface area (Å²) in [6.45, 7) is 9.74. The number of halogens is 2. The summed E-state index contributed by atoms with van der Waals surface area (Å²) in [6, 6.07) is 4.78. The molecular weight excluding hydrogens is 497 g/mol. The minimum atomic E-state index is -1.45.